The molecular weight excluding hydrogens is 365 g/mol. The van der Waals surface area contributed by atoms with E-state index in [2.05, 4.69) is 5.32 Å². The highest BCUT2D eigenvalue weighted by molar-refractivity contribution is 8.04. The lowest BCUT2D eigenvalue weighted by atomic mass is 10.1. The topological polar surface area (TPSA) is 122 Å². The SMILES string of the molecule is CCC(CC)Nc1c([N+](=O)[O-])cc(C(F)(F)F)c(SC#N)c1[N+](=O)[O-]. The fraction of sp³-hybridized carbons (Fsp3) is 0.462. The molecule has 0 heterocycles. The minimum absolute atomic E-state index is 0.0581. The summed E-state index contributed by atoms with van der Waals surface area (Å²) in [6, 6.07) is -0.203. The Morgan fingerprint density at radius 3 is 2.20 bits per heavy atom. The minimum atomic E-state index is -5.10. The molecule has 1 aromatic carbocycles. The zero-order valence-electron chi connectivity index (χ0n) is 13.1. The Morgan fingerprint density at radius 2 is 1.84 bits per heavy atom. The Morgan fingerprint density at radius 1 is 1.28 bits per heavy atom. The first kappa shape index (κ1) is 20.5. The summed E-state index contributed by atoms with van der Waals surface area (Å²) in [5.74, 6) is 0. The summed E-state index contributed by atoms with van der Waals surface area (Å²) in [6.45, 7) is 3.43. The third-order valence-electron chi connectivity index (χ3n) is 3.40. The molecule has 0 aliphatic carbocycles. The maximum Gasteiger partial charge on any atom is 0.418 e. The molecule has 12 heteroatoms. The van der Waals surface area contributed by atoms with Gasteiger partial charge in [-0.3, -0.25) is 20.2 Å². The number of halogens is 3. The van der Waals surface area contributed by atoms with Gasteiger partial charge < -0.3 is 5.32 Å². The van der Waals surface area contributed by atoms with E-state index in [1.54, 1.807) is 13.8 Å². The van der Waals surface area contributed by atoms with E-state index in [-0.39, 0.29) is 17.8 Å². The lowest BCUT2D eigenvalue weighted by molar-refractivity contribution is -0.394. The standard InChI is InChI=1S/C13H13F3N4O4S/c1-3-7(4-2)18-10-9(19(21)22)5-8(13(14,15)16)12(25-6-17)11(10)20(23)24/h5,7,18H,3-4H2,1-2H3. The fourth-order valence-electron chi connectivity index (χ4n) is 2.15. The number of nitrogens with zero attached hydrogens (tertiary/aromatic N) is 3. The highest BCUT2D eigenvalue weighted by Gasteiger charge is 2.43. The van der Waals surface area contributed by atoms with Gasteiger partial charge in [-0.25, -0.2) is 0 Å². The summed E-state index contributed by atoms with van der Waals surface area (Å²) in [5, 5.41) is 35.3. The van der Waals surface area contributed by atoms with Crippen molar-refractivity contribution in [1.29, 1.82) is 5.26 Å². The molecule has 0 bridgehead atoms. The summed E-state index contributed by atoms with van der Waals surface area (Å²) in [5.41, 5.74) is -4.41. The van der Waals surface area contributed by atoms with E-state index in [1.807, 2.05) is 0 Å². The zero-order valence-corrected chi connectivity index (χ0v) is 13.9. The lowest BCUT2D eigenvalue weighted by Crippen LogP contribution is -2.20. The molecule has 1 aromatic rings. The van der Waals surface area contributed by atoms with Gasteiger partial charge >= 0.3 is 11.9 Å². The highest BCUT2D eigenvalue weighted by atomic mass is 32.2. The van der Waals surface area contributed by atoms with Gasteiger partial charge in [0.2, 0.25) is 0 Å². The summed E-state index contributed by atoms with van der Waals surface area (Å²) in [6.07, 6.45) is -4.22. The van der Waals surface area contributed by atoms with E-state index in [4.69, 9.17) is 5.26 Å². The molecule has 25 heavy (non-hydrogen) atoms. The van der Waals surface area contributed by atoms with Gasteiger partial charge in [0.15, 0.2) is 5.69 Å². The number of nitriles is 1. The van der Waals surface area contributed by atoms with E-state index < -0.39 is 49.6 Å². The molecule has 136 valence electrons. The van der Waals surface area contributed by atoms with Crippen LogP contribution in [0.1, 0.15) is 32.3 Å². The van der Waals surface area contributed by atoms with Crippen LogP contribution >= 0.6 is 11.8 Å². The van der Waals surface area contributed by atoms with Crippen molar-refractivity contribution in [2.75, 3.05) is 5.32 Å². The Labute approximate surface area is 144 Å². The molecule has 1 N–H and O–H groups in total. The molecular formula is C13H13F3N4O4S. The number of thioether (sulfide) groups is 1. The van der Waals surface area contributed by atoms with E-state index in [1.165, 1.54) is 5.40 Å². The number of nitro benzene ring substituents is 2. The van der Waals surface area contributed by atoms with Crippen LogP contribution in [0.5, 0.6) is 0 Å². The molecule has 0 aliphatic rings. The van der Waals surface area contributed by atoms with Gasteiger partial charge in [0.05, 0.1) is 15.4 Å². The number of hydrogen-bond acceptors (Lipinski definition) is 7. The molecule has 0 unspecified atom stereocenters. The molecule has 1 rings (SSSR count). The lowest BCUT2D eigenvalue weighted by Gasteiger charge is -2.19. The number of rotatable bonds is 7. The van der Waals surface area contributed by atoms with Gasteiger partial charge in [0, 0.05) is 12.1 Å². The van der Waals surface area contributed by atoms with E-state index >= 15 is 0 Å². The first-order valence-corrected chi connectivity index (χ1v) is 7.79. The van der Waals surface area contributed by atoms with Gasteiger partial charge in [0.25, 0.3) is 5.69 Å². The number of nitrogens with one attached hydrogen (secondary N) is 1. The van der Waals surface area contributed by atoms with Crippen LogP contribution in [0.2, 0.25) is 0 Å². The van der Waals surface area contributed by atoms with Crippen molar-refractivity contribution in [3.63, 3.8) is 0 Å². The molecule has 0 spiro atoms. The van der Waals surface area contributed by atoms with Crippen LogP contribution in [-0.4, -0.2) is 15.9 Å². The van der Waals surface area contributed by atoms with Crippen molar-refractivity contribution in [3.05, 3.63) is 31.9 Å². The first-order valence-electron chi connectivity index (χ1n) is 6.97. The number of thiocyanates is 1. The van der Waals surface area contributed by atoms with Crippen LogP contribution < -0.4 is 5.32 Å². The van der Waals surface area contributed by atoms with Crippen LogP contribution in [0.15, 0.2) is 11.0 Å². The maximum absolute atomic E-state index is 13.2. The van der Waals surface area contributed by atoms with Gasteiger partial charge in [-0.15, -0.1) is 0 Å². The molecule has 0 fully saturated rings. The maximum atomic E-state index is 13.2. The van der Waals surface area contributed by atoms with Crippen LogP contribution in [-0.2, 0) is 6.18 Å². The Bertz CT molecular complexity index is 729. The smallest absolute Gasteiger partial charge is 0.371 e. The Hall–Kier alpha value is -2.55. The van der Waals surface area contributed by atoms with Crippen LogP contribution in [0.4, 0.5) is 30.2 Å². The van der Waals surface area contributed by atoms with Crippen molar-refractivity contribution in [1.82, 2.24) is 0 Å². The zero-order chi connectivity index (χ0) is 19.4. The molecule has 0 aromatic heterocycles. The summed E-state index contributed by atoms with van der Waals surface area (Å²) in [4.78, 5) is 19.4. The summed E-state index contributed by atoms with van der Waals surface area (Å²) >= 11 is -0.0581. The van der Waals surface area contributed by atoms with Crippen molar-refractivity contribution in [2.24, 2.45) is 0 Å². The molecule has 0 atom stereocenters. The minimum Gasteiger partial charge on any atom is -0.371 e. The van der Waals surface area contributed by atoms with Crippen LogP contribution in [0.25, 0.3) is 0 Å². The van der Waals surface area contributed by atoms with Gasteiger partial charge in [-0.05, 0) is 24.6 Å². The number of alkyl halides is 3. The number of hydrogen-bond donors (Lipinski definition) is 1. The second-order valence-electron chi connectivity index (χ2n) is 4.86. The Balaban J connectivity index is 3.90. The second-order valence-corrected chi connectivity index (χ2v) is 5.65. The third kappa shape index (κ3) is 4.50. The summed E-state index contributed by atoms with van der Waals surface area (Å²) < 4.78 is 39.6. The van der Waals surface area contributed by atoms with Crippen LogP contribution in [0.3, 0.4) is 0 Å². The monoisotopic (exact) mass is 378 g/mol. The van der Waals surface area contributed by atoms with Gasteiger partial charge in [-0.1, -0.05) is 13.8 Å². The second kappa shape index (κ2) is 8.02. The quantitative estimate of drug-likeness (QED) is 0.316. The third-order valence-corrected chi connectivity index (χ3v) is 4.11. The number of benzene rings is 1. The van der Waals surface area contributed by atoms with E-state index in [0.717, 1.165) is 0 Å². The molecule has 0 saturated carbocycles. The van der Waals surface area contributed by atoms with Crippen LogP contribution in [0, 0.1) is 30.9 Å². The molecule has 0 saturated heterocycles. The van der Waals surface area contributed by atoms with Gasteiger partial charge in [-0.2, -0.15) is 18.4 Å². The predicted octanol–water partition coefficient (Wildman–Crippen LogP) is 4.70. The van der Waals surface area contributed by atoms with E-state index in [9.17, 15) is 33.4 Å². The highest BCUT2D eigenvalue weighted by Crippen LogP contribution is 2.49. The predicted molar refractivity (Wildman–Crippen MR) is 84.2 cm³/mol. The number of nitro groups is 2. The fourth-order valence-corrected chi connectivity index (χ4v) is 2.80. The largest absolute Gasteiger partial charge is 0.418 e. The normalized spacial score (nSPS) is 11.2. The average molecular weight is 378 g/mol. The molecule has 8 nitrogen and oxygen atoms in total. The average Bonchev–Trinajstić information content (AvgIpc) is 2.50. The Kier molecular flexibility index (Phi) is 6.57. The molecule has 0 amide bonds. The van der Waals surface area contributed by atoms with Crippen molar-refractivity contribution in [2.45, 2.75) is 43.8 Å². The molecule has 0 radical (unpaired) electrons. The van der Waals surface area contributed by atoms with E-state index in [0.29, 0.717) is 12.8 Å². The first-order chi connectivity index (χ1) is 11.6. The van der Waals surface area contributed by atoms with Crippen molar-refractivity contribution in [3.8, 4) is 5.40 Å². The van der Waals surface area contributed by atoms with Gasteiger partial charge in [0.1, 0.15) is 10.3 Å². The van der Waals surface area contributed by atoms with Crippen molar-refractivity contribution < 1.29 is 23.0 Å². The number of anilines is 1. The molecule has 0 aliphatic heterocycles. The van der Waals surface area contributed by atoms with Crippen molar-refractivity contribution >= 4 is 28.8 Å². The summed E-state index contributed by atoms with van der Waals surface area (Å²) in [7, 11) is 0.